The Hall–Kier alpha value is -1.42. The second kappa shape index (κ2) is 4.62. The van der Waals surface area contributed by atoms with Gasteiger partial charge in [0.25, 0.3) is 0 Å². The second-order valence-electron chi connectivity index (χ2n) is 2.41. The molecule has 1 aromatic rings. The number of rotatable bonds is 3. The van der Waals surface area contributed by atoms with Crippen LogP contribution in [0.4, 0.5) is 26.5 Å². The molecule has 16 heavy (non-hydrogen) atoms. The Morgan fingerprint density at radius 1 is 0.812 bits per heavy atom. The first-order valence-corrected chi connectivity index (χ1v) is 3.53. The molecule has 1 aromatic carbocycles. The van der Waals surface area contributed by atoms with Crippen molar-refractivity contribution < 1.29 is 41.0 Å². The van der Waals surface area contributed by atoms with Crippen molar-refractivity contribution >= 4 is 7.32 Å². The molecule has 1 rings (SSSR count). The van der Waals surface area contributed by atoms with Crippen molar-refractivity contribution in [2.24, 2.45) is 0 Å². The van der Waals surface area contributed by atoms with E-state index in [0.717, 1.165) is 0 Å². The Balaban J connectivity index is 3.28. The van der Waals surface area contributed by atoms with Crippen LogP contribution in [0.3, 0.4) is 0 Å². The van der Waals surface area contributed by atoms with Gasteiger partial charge in [-0.15, -0.1) is 0 Å². The third kappa shape index (κ3) is 2.07. The fourth-order valence-electron chi connectivity index (χ4n) is 0.807. The molecule has 0 heterocycles. The van der Waals surface area contributed by atoms with Gasteiger partial charge in [-0.05, 0) is 0 Å². The summed E-state index contributed by atoms with van der Waals surface area (Å²) < 4.78 is 77.8. The van der Waals surface area contributed by atoms with Crippen LogP contribution in [0.25, 0.3) is 0 Å². The summed E-state index contributed by atoms with van der Waals surface area (Å²) in [5.74, 6) is -13.5. The van der Waals surface area contributed by atoms with Crippen molar-refractivity contribution in [1.29, 1.82) is 0 Å². The highest BCUT2D eigenvalue weighted by molar-refractivity contribution is 6.35. The maximum Gasteiger partial charge on any atom is 0.743 e. The molecule has 0 spiro atoms. The van der Waals surface area contributed by atoms with Gasteiger partial charge in [0.05, 0.1) is 0 Å². The maximum absolute atomic E-state index is 12.8. The lowest BCUT2D eigenvalue weighted by Gasteiger charge is -2.09. The van der Waals surface area contributed by atoms with Crippen LogP contribution in [-0.4, -0.2) is 12.3 Å². The van der Waals surface area contributed by atoms with Crippen LogP contribution in [0.1, 0.15) is 0 Å². The predicted octanol–water partition coefficient (Wildman–Crippen LogP) is 1.64. The van der Waals surface area contributed by atoms with Crippen molar-refractivity contribution in [2.75, 3.05) is 0 Å². The molecule has 0 unspecified atom stereocenters. The highest BCUT2D eigenvalue weighted by Gasteiger charge is 2.31. The molecule has 0 aliphatic heterocycles. The summed E-state index contributed by atoms with van der Waals surface area (Å²) in [6.07, 6.45) is 0. The molecule has 0 saturated carbocycles. The summed E-state index contributed by atoms with van der Waals surface area (Å²) in [5, 5.41) is 8.32. The second-order valence-corrected chi connectivity index (χ2v) is 2.41. The number of halogens is 6. The zero-order valence-corrected chi connectivity index (χ0v) is 7.11. The van der Waals surface area contributed by atoms with Crippen LogP contribution in [0.5, 0.6) is 5.75 Å². The van der Waals surface area contributed by atoms with Gasteiger partial charge in [-0.1, -0.05) is 4.53 Å². The standard InChI is InChI=1S/C6HBF6O3/c8-1-2(9)4(11)6(5(12)3(1)10)15-7(14)16-13/h14H. The van der Waals surface area contributed by atoms with E-state index in [9.17, 15) is 26.5 Å². The van der Waals surface area contributed by atoms with Crippen LogP contribution in [0.15, 0.2) is 0 Å². The van der Waals surface area contributed by atoms with Gasteiger partial charge in [-0.2, -0.15) is 13.6 Å². The Morgan fingerprint density at radius 3 is 1.56 bits per heavy atom. The summed E-state index contributed by atoms with van der Waals surface area (Å²) in [7, 11) is -2.81. The Morgan fingerprint density at radius 2 is 1.19 bits per heavy atom. The first-order valence-electron chi connectivity index (χ1n) is 3.53. The highest BCUT2D eigenvalue weighted by Crippen LogP contribution is 2.29. The molecule has 0 saturated heterocycles. The third-order valence-corrected chi connectivity index (χ3v) is 1.46. The van der Waals surface area contributed by atoms with E-state index in [4.69, 9.17) is 5.02 Å². The van der Waals surface area contributed by atoms with E-state index >= 15 is 0 Å². The average Bonchev–Trinajstić information content (AvgIpc) is 2.29. The van der Waals surface area contributed by atoms with E-state index in [-0.39, 0.29) is 0 Å². The minimum absolute atomic E-state index is 1.85. The van der Waals surface area contributed by atoms with E-state index in [1.807, 2.05) is 0 Å². The molecule has 0 atom stereocenters. The van der Waals surface area contributed by atoms with Gasteiger partial charge in [0, 0.05) is 0 Å². The molecular weight excluding hydrogens is 245 g/mol. The van der Waals surface area contributed by atoms with Crippen LogP contribution in [-0.2, 0) is 4.86 Å². The maximum atomic E-state index is 12.8. The number of benzene rings is 1. The van der Waals surface area contributed by atoms with Gasteiger partial charge >= 0.3 is 7.32 Å². The Bertz CT molecular complexity index is 385. The van der Waals surface area contributed by atoms with E-state index in [2.05, 4.69) is 9.51 Å². The molecule has 88 valence electrons. The number of hydrogen-bond donors (Lipinski definition) is 1. The molecule has 0 fully saturated rings. The molecule has 3 nitrogen and oxygen atoms in total. The predicted molar refractivity (Wildman–Crippen MR) is 37.0 cm³/mol. The smallest absolute Gasteiger partial charge is 0.506 e. The van der Waals surface area contributed by atoms with Crippen LogP contribution < -0.4 is 4.65 Å². The SMILES string of the molecule is OB(OF)Oc1c(F)c(F)c(F)c(F)c1F. The van der Waals surface area contributed by atoms with Gasteiger partial charge in [0.2, 0.25) is 29.1 Å². The topological polar surface area (TPSA) is 38.7 Å². The molecule has 0 aliphatic rings. The quantitative estimate of drug-likeness (QED) is 0.381. The molecule has 10 heteroatoms. The fraction of sp³-hybridized carbons (Fsp3) is 0. The van der Waals surface area contributed by atoms with Gasteiger partial charge in [-0.25, -0.2) is 13.2 Å². The van der Waals surface area contributed by atoms with E-state index < -0.39 is 42.2 Å². The monoisotopic (exact) mass is 246 g/mol. The highest BCUT2D eigenvalue weighted by atomic mass is 19.3. The largest absolute Gasteiger partial charge is 0.743 e. The molecule has 0 amide bonds. The first-order chi connectivity index (χ1) is 7.40. The molecule has 0 bridgehead atoms. The van der Waals surface area contributed by atoms with Crippen molar-refractivity contribution in [2.45, 2.75) is 0 Å². The van der Waals surface area contributed by atoms with Crippen LogP contribution in [0, 0.1) is 29.1 Å². The van der Waals surface area contributed by atoms with Crippen molar-refractivity contribution in [3.8, 4) is 5.75 Å². The molecule has 0 aliphatic carbocycles. The lowest BCUT2D eigenvalue weighted by atomic mass is 10.2. The molecule has 1 N–H and O–H groups in total. The lowest BCUT2D eigenvalue weighted by molar-refractivity contribution is -0.0535. The Labute approximate surface area is 84.3 Å². The summed E-state index contributed by atoms with van der Waals surface area (Å²) in [5.41, 5.74) is 0. The summed E-state index contributed by atoms with van der Waals surface area (Å²) in [4.78, 5) is 2.54. The first kappa shape index (κ1) is 12.7. The van der Waals surface area contributed by atoms with Gasteiger partial charge in [-0.3, -0.25) is 0 Å². The van der Waals surface area contributed by atoms with Crippen molar-refractivity contribution in [3.05, 3.63) is 29.1 Å². The minimum Gasteiger partial charge on any atom is -0.506 e. The van der Waals surface area contributed by atoms with Gasteiger partial charge in [0.15, 0.2) is 5.75 Å². The van der Waals surface area contributed by atoms with Gasteiger partial charge < -0.3 is 9.68 Å². The van der Waals surface area contributed by atoms with Crippen molar-refractivity contribution in [3.63, 3.8) is 0 Å². The van der Waals surface area contributed by atoms with E-state index in [0.29, 0.717) is 0 Å². The molecule has 0 radical (unpaired) electrons. The average molecular weight is 246 g/mol. The molecule has 0 aromatic heterocycles. The number of hydrogen-bond acceptors (Lipinski definition) is 3. The van der Waals surface area contributed by atoms with Crippen LogP contribution >= 0.6 is 0 Å². The lowest BCUT2D eigenvalue weighted by Crippen LogP contribution is -2.24. The van der Waals surface area contributed by atoms with E-state index in [1.54, 1.807) is 0 Å². The minimum atomic E-state index is -2.81. The van der Waals surface area contributed by atoms with Crippen LogP contribution in [0.2, 0.25) is 0 Å². The normalized spacial score (nSPS) is 10.4. The van der Waals surface area contributed by atoms with Crippen molar-refractivity contribution in [1.82, 2.24) is 0 Å². The fourth-order valence-corrected chi connectivity index (χ4v) is 0.807. The summed E-state index contributed by atoms with van der Waals surface area (Å²) in [6.45, 7) is 0. The van der Waals surface area contributed by atoms with Gasteiger partial charge in [0.1, 0.15) is 0 Å². The summed E-state index contributed by atoms with van der Waals surface area (Å²) >= 11 is 0. The molecular formula is C6HBF6O3. The zero-order chi connectivity index (χ0) is 12.5. The Kier molecular flexibility index (Phi) is 3.65. The summed E-state index contributed by atoms with van der Waals surface area (Å²) in [6, 6.07) is 0. The zero-order valence-electron chi connectivity index (χ0n) is 7.11. The van der Waals surface area contributed by atoms with E-state index in [1.165, 1.54) is 0 Å². The third-order valence-electron chi connectivity index (χ3n) is 1.46.